The fourth-order valence-corrected chi connectivity index (χ4v) is 0.866. The molecule has 0 bridgehead atoms. The van der Waals surface area contributed by atoms with Gasteiger partial charge in [0.25, 0.3) is 0 Å². The Hall–Kier alpha value is 1.000. The van der Waals surface area contributed by atoms with Crippen molar-refractivity contribution in [2.24, 2.45) is 0 Å². The van der Waals surface area contributed by atoms with Crippen molar-refractivity contribution < 1.29 is 34.3 Å². The van der Waals surface area contributed by atoms with Gasteiger partial charge in [-0.3, -0.25) is 8.37 Å². The third-order valence-corrected chi connectivity index (χ3v) is 1.57. The molecule has 0 unspecified atom stereocenters. The summed E-state index contributed by atoms with van der Waals surface area (Å²) < 4.78 is 64.0. The van der Waals surface area contributed by atoms with Crippen molar-refractivity contribution >= 4 is 58.5 Å². The van der Waals surface area contributed by atoms with E-state index in [0.717, 1.165) is 0 Å². The summed E-state index contributed by atoms with van der Waals surface area (Å²) in [5.41, 5.74) is 0. The first-order chi connectivity index (χ1) is 6.12. The third kappa shape index (κ3) is 31.3. The fourth-order valence-electron chi connectivity index (χ4n) is 0.289. The predicted molar refractivity (Wildman–Crippen MR) is 48.4 cm³/mol. The van der Waals surface area contributed by atoms with Crippen molar-refractivity contribution in [1.82, 2.24) is 0 Å². The van der Waals surface area contributed by atoms with Gasteiger partial charge in [-0.15, -0.1) is 0 Å². The first-order valence-corrected chi connectivity index (χ1v) is 5.99. The first-order valence-electron chi connectivity index (χ1n) is 3.32. The molecule has 0 heterocycles. The summed E-state index contributed by atoms with van der Waals surface area (Å²) in [6.45, 7) is 2.67. The van der Waals surface area contributed by atoms with Crippen LogP contribution in [0.4, 0.5) is 0 Å². The van der Waals surface area contributed by atoms with Crippen molar-refractivity contribution in [3.8, 4) is 0 Å². The van der Waals surface area contributed by atoms with Gasteiger partial charge in [0, 0.05) is 0 Å². The molecule has 0 fully saturated rings. The summed E-state index contributed by atoms with van der Waals surface area (Å²) >= 11 is 0. The van der Waals surface area contributed by atoms with Crippen LogP contribution in [0.1, 0.15) is 13.8 Å². The number of hydrogen-bond acceptors (Lipinski definition) is 8. The van der Waals surface area contributed by atoms with Gasteiger partial charge in [-0.05, 0) is 13.8 Å². The minimum atomic E-state index is -4.42. The molecule has 11 heteroatoms. The van der Waals surface area contributed by atoms with Crippen LogP contribution in [0.2, 0.25) is 0 Å². The summed E-state index contributed by atoms with van der Waals surface area (Å²) in [6.07, 6.45) is 0. The molecule has 0 aliphatic carbocycles. The Morgan fingerprint density at radius 3 is 1.07 bits per heavy atom. The second-order valence-electron chi connectivity index (χ2n) is 1.63. The maximum absolute atomic E-state index is 9.45. The van der Waals surface area contributed by atoms with Crippen molar-refractivity contribution in [3.05, 3.63) is 0 Å². The Morgan fingerprint density at radius 2 is 1.07 bits per heavy atom. The maximum atomic E-state index is 9.45. The van der Waals surface area contributed by atoms with E-state index in [1.807, 2.05) is 0 Å². The van der Waals surface area contributed by atoms with Crippen LogP contribution in [-0.2, 0) is 29.2 Å². The predicted octanol–water partition coefficient (Wildman–Crippen LogP) is -1.41. The minimum Gasteiger partial charge on any atom is -0.726 e. The molecule has 0 aromatic heterocycles. The second-order valence-corrected chi connectivity index (χ2v) is 3.73. The number of hydrogen-bond donors (Lipinski definition) is 0. The third-order valence-electron chi connectivity index (χ3n) is 0.524. The van der Waals surface area contributed by atoms with E-state index in [2.05, 4.69) is 8.37 Å². The molecule has 0 N–H and O–H groups in total. The molecule has 0 saturated carbocycles. The van der Waals surface area contributed by atoms with Gasteiger partial charge in [-0.25, -0.2) is 16.8 Å². The zero-order valence-electron chi connectivity index (χ0n) is 8.20. The van der Waals surface area contributed by atoms with E-state index in [-0.39, 0.29) is 51.0 Å². The topological polar surface area (TPSA) is 133 Å². The quantitative estimate of drug-likeness (QED) is 0.350. The molecule has 0 atom stereocenters. The molecule has 15 heavy (non-hydrogen) atoms. The standard InChI is InChI=1S/2C2H6O4S.Ca/c2*1-2-6-7(3,4)5;/h2*2H2,1H3,(H,3,4,5);/q;;+2/p-2. The van der Waals surface area contributed by atoms with Crippen LogP contribution in [-0.4, -0.2) is 76.9 Å². The van der Waals surface area contributed by atoms with E-state index >= 15 is 0 Å². The van der Waals surface area contributed by atoms with Crippen LogP contribution >= 0.6 is 0 Å². The monoisotopic (exact) mass is 290 g/mol. The van der Waals surface area contributed by atoms with Crippen LogP contribution in [0.25, 0.3) is 0 Å². The van der Waals surface area contributed by atoms with Gasteiger partial charge in [0.15, 0.2) is 0 Å². The molecular weight excluding hydrogens is 280 g/mol. The molecule has 0 spiro atoms. The van der Waals surface area contributed by atoms with Gasteiger partial charge in [-0.1, -0.05) is 0 Å². The zero-order chi connectivity index (χ0) is 11.8. The summed E-state index contributed by atoms with van der Waals surface area (Å²) in [4.78, 5) is 0. The van der Waals surface area contributed by atoms with Crippen molar-refractivity contribution in [1.29, 1.82) is 0 Å². The molecule has 0 aliphatic rings. The van der Waals surface area contributed by atoms with E-state index in [4.69, 9.17) is 0 Å². The molecule has 0 saturated heterocycles. The van der Waals surface area contributed by atoms with Crippen molar-refractivity contribution in [2.45, 2.75) is 13.8 Å². The molecule has 0 amide bonds. The molecule has 0 rings (SSSR count). The minimum absolute atomic E-state index is 0. The summed E-state index contributed by atoms with van der Waals surface area (Å²) in [5.74, 6) is 0. The van der Waals surface area contributed by atoms with Gasteiger partial charge < -0.3 is 9.11 Å². The Bertz CT molecular complexity index is 285. The van der Waals surface area contributed by atoms with E-state index < -0.39 is 20.8 Å². The van der Waals surface area contributed by atoms with Crippen molar-refractivity contribution in [2.75, 3.05) is 13.2 Å². The SMILES string of the molecule is CCOS(=O)(=O)[O-].CCOS(=O)(=O)[O-].[Ca+2]. The Labute approximate surface area is 119 Å². The molecule has 8 nitrogen and oxygen atoms in total. The normalized spacial score (nSPS) is 10.9. The number of rotatable bonds is 4. The van der Waals surface area contributed by atoms with E-state index in [9.17, 15) is 25.9 Å². The van der Waals surface area contributed by atoms with E-state index in [1.165, 1.54) is 13.8 Å². The zero-order valence-corrected chi connectivity index (χ0v) is 12.0. The van der Waals surface area contributed by atoms with E-state index in [1.54, 1.807) is 0 Å². The smallest absolute Gasteiger partial charge is 0.726 e. The Kier molecular flexibility index (Phi) is 14.4. The summed E-state index contributed by atoms with van der Waals surface area (Å²) in [5, 5.41) is 0. The van der Waals surface area contributed by atoms with Crippen molar-refractivity contribution in [3.63, 3.8) is 0 Å². The summed E-state index contributed by atoms with van der Waals surface area (Å²) in [7, 11) is -8.85. The van der Waals surface area contributed by atoms with Gasteiger partial charge in [0.1, 0.15) is 0 Å². The molecule has 0 aliphatic heterocycles. The van der Waals surface area contributed by atoms with Crippen LogP contribution in [0, 0.1) is 0 Å². The van der Waals surface area contributed by atoms with Crippen LogP contribution in [0.3, 0.4) is 0 Å². The average Bonchev–Trinajstić information content (AvgIpc) is 1.81. The van der Waals surface area contributed by atoms with Crippen LogP contribution < -0.4 is 0 Å². The first kappa shape index (κ1) is 21.3. The van der Waals surface area contributed by atoms with E-state index in [0.29, 0.717) is 0 Å². The molecular formula is C4H10CaO8S2. The Morgan fingerprint density at radius 1 is 0.867 bits per heavy atom. The van der Waals surface area contributed by atoms with Gasteiger partial charge in [0.05, 0.1) is 13.2 Å². The molecule has 0 aromatic carbocycles. The van der Waals surface area contributed by atoms with Gasteiger partial charge >= 0.3 is 37.7 Å². The maximum Gasteiger partial charge on any atom is 2.00 e. The molecule has 0 radical (unpaired) electrons. The van der Waals surface area contributed by atoms with Crippen LogP contribution in [0.5, 0.6) is 0 Å². The molecule has 88 valence electrons. The molecule has 0 aromatic rings. The fraction of sp³-hybridized carbons (Fsp3) is 1.00. The van der Waals surface area contributed by atoms with Crippen LogP contribution in [0.15, 0.2) is 0 Å². The average molecular weight is 290 g/mol. The largest absolute Gasteiger partial charge is 2.00 e. The Balaban J connectivity index is -0.000000180. The van der Waals surface area contributed by atoms with Gasteiger partial charge in [0.2, 0.25) is 20.8 Å². The summed E-state index contributed by atoms with van der Waals surface area (Å²) in [6, 6.07) is 0. The van der Waals surface area contributed by atoms with Gasteiger partial charge in [-0.2, -0.15) is 0 Å². The second kappa shape index (κ2) is 10.2.